The monoisotopic (exact) mass is 92.1 g/mol. The van der Waals surface area contributed by atoms with Crippen LogP contribution in [0.4, 0.5) is 0 Å². The molecule has 0 amide bonds. The van der Waals surface area contributed by atoms with Crippen molar-refractivity contribution in [3.05, 3.63) is 0 Å². The van der Waals surface area contributed by atoms with Gasteiger partial charge in [0.05, 0.1) is 0 Å². The summed E-state index contributed by atoms with van der Waals surface area (Å²) < 4.78 is 6.64. The molecule has 0 saturated heterocycles. The van der Waals surface area contributed by atoms with Crippen molar-refractivity contribution in [1.82, 2.24) is 0 Å². The molecule has 0 bridgehead atoms. The van der Waals surface area contributed by atoms with E-state index in [1.807, 2.05) is 0 Å². The van der Waals surface area contributed by atoms with E-state index in [-0.39, 0.29) is 26.0 Å². The number of rotatable bonds is 2. The Balaban J connectivity index is 2.99. The molecule has 0 spiro atoms. The predicted octanol–water partition coefficient (Wildman–Crippen LogP) is -0.393. The van der Waals surface area contributed by atoms with Crippen LogP contribution in [0.1, 0.15) is 8.27 Å². The van der Waals surface area contributed by atoms with Crippen molar-refractivity contribution >= 4 is 0 Å². The second-order valence-electron chi connectivity index (χ2n) is 1.23. The average molecular weight is 92.1 g/mol. The van der Waals surface area contributed by atoms with Gasteiger partial charge in [0.2, 0.25) is 0 Å². The number of aliphatic hydroxyl groups is 2. The zero-order valence-electron chi connectivity index (χ0n) is 4.59. The Labute approximate surface area is 38.8 Å². The van der Waals surface area contributed by atoms with Crippen molar-refractivity contribution in [2.24, 2.45) is 5.92 Å². The third-order valence-electron chi connectivity index (χ3n) is 0.516. The first-order valence-corrected chi connectivity index (χ1v) is 1.86. The van der Waals surface area contributed by atoms with E-state index in [1.54, 1.807) is 0 Å². The minimum absolute atomic E-state index is 0.0833. The SMILES string of the molecule is [3H]CC(CO)CO. The molecule has 0 aliphatic carbocycles. The maximum absolute atomic E-state index is 8.25. The second kappa shape index (κ2) is 3.12. The molecule has 0 radical (unpaired) electrons. The summed E-state index contributed by atoms with van der Waals surface area (Å²) in [6.45, 7) is -0.0625. The molecular formula is C4H10O2. The highest BCUT2D eigenvalue weighted by atomic mass is 16.3. The summed E-state index contributed by atoms with van der Waals surface area (Å²) >= 11 is 0. The Morgan fingerprint density at radius 3 is 2.17 bits per heavy atom. The molecule has 0 fully saturated rings. The maximum atomic E-state index is 8.25. The minimum atomic E-state index is -0.236. The van der Waals surface area contributed by atoms with E-state index in [1.165, 1.54) is 0 Å². The van der Waals surface area contributed by atoms with Gasteiger partial charge in [-0.1, -0.05) is 6.90 Å². The summed E-state index contributed by atoms with van der Waals surface area (Å²) in [4.78, 5) is 0. The molecule has 0 saturated carbocycles. The second-order valence-corrected chi connectivity index (χ2v) is 1.23. The normalized spacial score (nSPS) is 12.2. The van der Waals surface area contributed by atoms with Gasteiger partial charge in [-0.05, 0) is 0 Å². The van der Waals surface area contributed by atoms with Gasteiger partial charge < -0.3 is 10.2 Å². The van der Waals surface area contributed by atoms with Gasteiger partial charge in [0.15, 0.2) is 0 Å². The van der Waals surface area contributed by atoms with E-state index in [2.05, 4.69) is 0 Å². The lowest BCUT2D eigenvalue weighted by Crippen LogP contribution is -2.04. The molecule has 0 aliphatic rings. The third-order valence-corrected chi connectivity index (χ3v) is 0.516. The third kappa shape index (κ3) is 2.18. The van der Waals surface area contributed by atoms with E-state index in [0.29, 0.717) is 0 Å². The van der Waals surface area contributed by atoms with Crippen LogP contribution in [0.25, 0.3) is 0 Å². The van der Waals surface area contributed by atoms with Crippen LogP contribution in [0.2, 0.25) is 0 Å². The lowest BCUT2D eigenvalue weighted by atomic mass is 10.2. The van der Waals surface area contributed by atoms with Crippen molar-refractivity contribution < 1.29 is 11.6 Å². The molecule has 2 heteroatoms. The summed E-state index contributed by atoms with van der Waals surface area (Å²) in [5, 5.41) is 16.5. The van der Waals surface area contributed by atoms with Crippen molar-refractivity contribution in [3.8, 4) is 0 Å². The van der Waals surface area contributed by atoms with Crippen molar-refractivity contribution in [2.75, 3.05) is 13.2 Å². The molecule has 6 heavy (non-hydrogen) atoms. The van der Waals surface area contributed by atoms with E-state index in [4.69, 9.17) is 11.6 Å². The van der Waals surface area contributed by atoms with Gasteiger partial charge in [-0.2, -0.15) is 0 Å². The van der Waals surface area contributed by atoms with Crippen LogP contribution in [0.3, 0.4) is 0 Å². The smallest absolute Gasteiger partial charge is 0.0478 e. The molecule has 2 nitrogen and oxygen atoms in total. The van der Waals surface area contributed by atoms with Crippen LogP contribution in [0.5, 0.6) is 0 Å². The molecule has 38 valence electrons. The van der Waals surface area contributed by atoms with Crippen molar-refractivity contribution in [1.29, 1.82) is 0 Å². The van der Waals surface area contributed by atoms with Gasteiger partial charge in [0.25, 0.3) is 0 Å². The van der Waals surface area contributed by atoms with Gasteiger partial charge in [-0.25, -0.2) is 0 Å². The topological polar surface area (TPSA) is 40.5 Å². The summed E-state index contributed by atoms with van der Waals surface area (Å²) in [6, 6.07) is 0. The number of hydrogen-bond acceptors (Lipinski definition) is 2. The highest BCUT2D eigenvalue weighted by Gasteiger charge is 1.91. The Bertz CT molecular complexity index is 31.2. The highest BCUT2D eigenvalue weighted by Crippen LogP contribution is 1.85. The fourth-order valence-corrected chi connectivity index (χ4v) is 0.0577. The Morgan fingerprint density at radius 2 is 2.17 bits per heavy atom. The van der Waals surface area contributed by atoms with E-state index in [9.17, 15) is 0 Å². The average Bonchev–Trinajstić information content (AvgIpc) is 1.72. The van der Waals surface area contributed by atoms with Crippen molar-refractivity contribution in [2.45, 2.75) is 6.90 Å². The molecule has 0 unspecified atom stereocenters. The quantitative estimate of drug-likeness (QED) is 0.487. The van der Waals surface area contributed by atoms with E-state index in [0.717, 1.165) is 0 Å². The van der Waals surface area contributed by atoms with Gasteiger partial charge >= 0.3 is 0 Å². The van der Waals surface area contributed by atoms with Crippen LogP contribution in [0.15, 0.2) is 0 Å². The van der Waals surface area contributed by atoms with Crippen LogP contribution >= 0.6 is 0 Å². The fourth-order valence-electron chi connectivity index (χ4n) is 0.0577. The largest absolute Gasteiger partial charge is 0.396 e. The van der Waals surface area contributed by atoms with Gasteiger partial charge in [-0.3, -0.25) is 0 Å². The molecule has 0 aromatic rings. The molecule has 0 atom stereocenters. The molecule has 0 heterocycles. The lowest BCUT2D eigenvalue weighted by Gasteiger charge is -1.97. The molecule has 0 rings (SSSR count). The maximum Gasteiger partial charge on any atom is 0.0478 e. The van der Waals surface area contributed by atoms with Gasteiger partial charge in [-0.15, -0.1) is 0 Å². The van der Waals surface area contributed by atoms with Crippen LogP contribution in [-0.4, -0.2) is 23.4 Å². The fraction of sp³-hybridized carbons (Fsp3) is 1.00. The molecule has 2 N–H and O–H groups in total. The summed E-state index contributed by atoms with van der Waals surface area (Å²) in [5.74, 6) is -0.236. The lowest BCUT2D eigenvalue weighted by molar-refractivity contribution is 0.162. The first-order valence-electron chi connectivity index (χ1n) is 2.56. The Hall–Kier alpha value is -0.0800. The molecular weight excluding hydrogens is 80.0 g/mol. The first-order chi connectivity index (χ1) is 3.35. The Morgan fingerprint density at radius 1 is 1.67 bits per heavy atom. The number of aliphatic hydroxyl groups excluding tert-OH is 2. The zero-order chi connectivity index (χ0) is 5.70. The van der Waals surface area contributed by atoms with Gasteiger partial charge in [0, 0.05) is 20.5 Å². The molecule has 0 aromatic carbocycles. The summed E-state index contributed by atoms with van der Waals surface area (Å²) in [7, 11) is 0. The predicted molar refractivity (Wildman–Crippen MR) is 23.3 cm³/mol. The van der Waals surface area contributed by atoms with Gasteiger partial charge in [0.1, 0.15) is 0 Å². The van der Waals surface area contributed by atoms with E-state index < -0.39 is 0 Å². The zero-order valence-corrected chi connectivity index (χ0v) is 3.59. The van der Waals surface area contributed by atoms with Crippen LogP contribution < -0.4 is 0 Å². The van der Waals surface area contributed by atoms with Crippen LogP contribution in [-0.2, 0) is 0 Å². The van der Waals surface area contributed by atoms with Crippen LogP contribution in [0, 0.1) is 5.92 Å². The van der Waals surface area contributed by atoms with Crippen molar-refractivity contribution in [3.63, 3.8) is 0 Å². The highest BCUT2D eigenvalue weighted by molar-refractivity contribution is 4.41. The summed E-state index contributed by atoms with van der Waals surface area (Å²) in [5.41, 5.74) is 0. The number of hydrogen-bond donors (Lipinski definition) is 2. The summed E-state index contributed by atoms with van der Waals surface area (Å²) in [6.07, 6.45) is 0. The molecule has 0 aliphatic heterocycles. The first kappa shape index (κ1) is 4.09. The molecule has 0 aromatic heterocycles. The Kier molecular flexibility index (Phi) is 2.13. The van der Waals surface area contributed by atoms with E-state index >= 15 is 0 Å². The minimum Gasteiger partial charge on any atom is -0.396 e. The standard InChI is InChI=1S/C4H10O2/c1-4(2-5)3-6/h4-6H,2-3H2,1H3/i1T.